The first-order valence-electron chi connectivity index (χ1n) is 5.90. The van der Waals surface area contributed by atoms with E-state index in [2.05, 4.69) is 5.32 Å². The van der Waals surface area contributed by atoms with E-state index in [1.807, 2.05) is 0 Å². The molecule has 7 heteroatoms. The Balaban J connectivity index is 2.05. The van der Waals surface area contributed by atoms with Gasteiger partial charge in [-0.25, -0.2) is 8.42 Å². The topological polar surface area (TPSA) is 63.2 Å². The maximum atomic E-state index is 11.7. The van der Waals surface area contributed by atoms with E-state index in [1.165, 1.54) is 24.6 Å². The van der Waals surface area contributed by atoms with Crippen molar-refractivity contribution < 1.29 is 13.2 Å². The molecule has 1 aromatic carbocycles. The van der Waals surface area contributed by atoms with Crippen LogP contribution < -0.4 is 5.32 Å². The molecule has 0 bridgehead atoms. The summed E-state index contributed by atoms with van der Waals surface area (Å²) in [6.45, 7) is 0. The van der Waals surface area contributed by atoms with E-state index < -0.39 is 9.05 Å². The van der Waals surface area contributed by atoms with Crippen LogP contribution in [0.3, 0.4) is 0 Å². The van der Waals surface area contributed by atoms with Crippen molar-refractivity contribution in [3.63, 3.8) is 0 Å². The fraction of sp³-hybridized carbons (Fsp3) is 0.417. The lowest BCUT2D eigenvalue weighted by atomic mass is 9.83. The lowest BCUT2D eigenvalue weighted by Gasteiger charge is -2.24. The van der Waals surface area contributed by atoms with E-state index in [-0.39, 0.29) is 15.8 Å². The quantitative estimate of drug-likeness (QED) is 0.864. The van der Waals surface area contributed by atoms with E-state index in [0.29, 0.717) is 18.0 Å². The number of hydrogen-bond acceptors (Lipinski definition) is 3. The molecule has 0 saturated heterocycles. The Morgan fingerprint density at radius 3 is 2.53 bits per heavy atom. The molecule has 1 aliphatic carbocycles. The van der Waals surface area contributed by atoms with Crippen molar-refractivity contribution >= 4 is 42.9 Å². The van der Waals surface area contributed by atoms with Gasteiger partial charge >= 0.3 is 0 Å². The third-order valence-corrected chi connectivity index (χ3v) is 4.98. The van der Waals surface area contributed by atoms with Gasteiger partial charge in [0.15, 0.2) is 0 Å². The molecule has 0 radical (unpaired) electrons. The smallest absolute Gasteiger partial charge is 0.262 e. The molecule has 1 saturated carbocycles. The molecule has 1 N–H and O–H groups in total. The van der Waals surface area contributed by atoms with Gasteiger partial charge in [-0.05, 0) is 37.0 Å². The van der Waals surface area contributed by atoms with Crippen molar-refractivity contribution in [3.8, 4) is 0 Å². The summed E-state index contributed by atoms with van der Waals surface area (Å²) in [7, 11) is 1.35. The van der Waals surface area contributed by atoms with Gasteiger partial charge in [0.1, 0.15) is 4.90 Å². The number of hydrogen-bond donors (Lipinski definition) is 1. The molecule has 4 nitrogen and oxygen atoms in total. The number of nitrogens with one attached hydrogen (secondary N) is 1. The molecule has 0 spiro atoms. The molecule has 104 valence electrons. The summed E-state index contributed by atoms with van der Waals surface area (Å²) in [6, 6.07) is 4.14. The van der Waals surface area contributed by atoms with Crippen LogP contribution in [0.1, 0.15) is 25.7 Å². The normalized spacial score (nSPS) is 15.9. The molecule has 1 aliphatic rings. The Morgan fingerprint density at radius 1 is 1.37 bits per heavy atom. The van der Waals surface area contributed by atoms with E-state index in [1.54, 1.807) is 0 Å². The van der Waals surface area contributed by atoms with Crippen LogP contribution in [0.5, 0.6) is 0 Å². The van der Waals surface area contributed by atoms with Crippen molar-refractivity contribution in [2.75, 3.05) is 5.32 Å². The second-order valence-electron chi connectivity index (χ2n) is 4.63. The van der Waals surface area contributed by atoms with Crippen LogP contribution in [-0.2, 0) is 13.8 Å². The number of rotatable bonds is 4. The SMILES string of the molecule is O=C(CC1CCC1)Nc1ccc(S(=O)(=O)Cl)c(Cl)c1. The molecule has 0 aromatic heterocycles. The zero-order valence-corrected chi connectivity index (χ0v) is 12.4. The summed E-state index contributed by atoms with van der Waals surface area (Å²) in [5, 5.41) is 2.70. The molecule has 19 heavy (non-hydrogen) atoms. The van der Waals surface area contributed by atoms with Crippen LogP contribution in [0.2, 0.25) is 5.02 Å². The molecule has 1 amide bonds. The van der Waals surface area contributed by atoms with Crippen LogP contribution in [0, 0.1) is 5.92 Å². The minimum atomic E-state index is -3.86. The molecular formula is C12H13Cl2NO3S. The molecular weight excluding hydrogens is 309 g/mol. The third kappa shape index (κ3) is 3.84. The zero-order chi connectivity index (χ0) is 14.0. The van der Waals surface area contributed by atoms with E-state index in [0.717, 1.165) is 12.8 Å². The van der Waals surface area contributed by atoms with Gasteiger partial charge < -0.3 is 5.32 Å². The van der Waals surface area contributed by atoms with Crippen LogP contribution >= 0.6 is 22.3 Å². The van der Waals surface area contributed by atoms with Crippen molar-refractivity contribution in [1.82, 2.24) is 0 Å². The lowest BCUT2D eigenvalue weighted by molar-refractivity contribution is -0.117. The van der Waals surface area contributed by atoms with Gasteiger partial charge in [0.25, 0.3) is 9.05 Å². The summed E-state index contributed by atoms with van der Waals surface area (Å²) in [5.41, 5.74) is 0.471. The highest BCUT2D eigenvalue weighted by Crippen LogP contribution is 2.30. The maximum absolute atomic E-state index is 11.7. The number of benzene rings is 1. The van der Waals surface area contributed by atoms with Crippen LogP contribution in [0.25, 0.3) is 0 Å². The van der Waals surface area contributed by atoms with Crippen molar-refractivity contribution in [2.45, 2.75) is 30.6 Å². The molecule has 0 atom stereocenters. The highest BCUT2D eigenvalue weighted by Gasteiger charge is 2.21. The fourth-order valence-corrected chi connectivity index (χ4v) is 3.48. The van der Waals surface area contributed by atoms with Gasteiger partial charge in [-0.2, -0.15) is 0 Å². The number of halogens is 2. The van der Waals surface area contributed by atoms with Gasteiger partial charge in [-0.3, -0.25) is 4.79 Å². The van der Waals surface area contributed by atoms with Crippen LogP contribution in [-0.4, -0.2) is 14.3 Å². The predicted octanol–water partition coefficient (Wildman–Crippen LogP) is 3.40. The second-order valence-corrected chi connectivity index (χ2v) is 7.57. The summed E-state index contributed by atoms with van der Waals surface area (Å²) in [6.07, 6.45) is 3.87. The minimum absolute atomic E-state index is 0.00329. The highest BCUT2D eigenvalue weighted by atomic mass is 35.7. The average molecular weight is 322 g/mol. The Morgan fingerprint density at radius 2 is 2.05 bits per heavy atom. The molecule has 1 aromatic rings. The van der Waals surface area contributed by atoms with Gasteiger partial charge in [0.05, 0.1) is 5.02 Å². The second kappa shape index (κ2) is 5.69. The largest absolute Gasteiger partial charge is 0.326 e. The van der Waals surface area contributed by atoms with Crippen molar-refractivity contribution in [3.05, 3.63) is 23.2 Å². The van der Waals surface area contributed by atoms with E-state index in [4.69, 9.17) is 22.3 Å². The summed E-state index contributed by atoms with van der Waals surface area (Å²) < 4.78 is 22.3. The Kier molecular flexibility index (Phi) is 4.38. The molecule has 0 heterocycles. The zero-order valence-electron chi connectivity index (χ0n) is 10.0. The Hall–Kier alpha value is -0.780. The maximum Gasteiger partial charge on any atom is 0.262 e. The summed E-state index contributed by atoms with van der Waals surface area (Å²) >= 11 is 5.83. The third-order valence-electron chi connectivity index (χ3n) is 3.18. The fourth-order valence-electron chi connectivity index (χ4n) is 1.95. The molecule has 0 unspecified atom stereocenters. The number of carbonyl (C=O) groups is 1. The van der Waals surface area contributed by atoms with Gasteiger partial charge in [-0.1, -0.05) is 18.0 Å². The molecule has 2 rings (SSSR count). The average Bonchev–Trinajstić information content (AvgIpc) is 2.21. The summed E-state index contributed by atoms with van der Waals surface area (Å²) in [5.74, 6) is 0.389. The monoisotopic (exact) mass is 321 g/mol. The highest BCUT2D eigenvalue weighted by molar-refractivity contribution is 8.13. The number of amides is 1. The Bertz CT molecular complexity index is 597. The molecule has 1 fully saturated rings. The lowest BCUT2D eigenvalue weighted by Crippen LogP contribution is -2.20. The number of anilines is 1. The van der Waals surface area contributed by atoms with E-state index >= 15 is 0 Å². The van der Waals surface area contributed by atoms with Crippen LogP contribution in [0.15, 0.2) is 23.1 Å². The van der Waals surface area contributed by atoms with E-state index in [9.17, 15) is 13.2 Å². The Labute approximate surface area is 121 Å². The van der Waals surface area contributed by atoms with Gasteiger partial charge in [0.2, 0.25) is 5.91 Å². The van der Waals surface area contributed by atoms with Crippen molar-refractivity contribution in [1.29, 1.82) is 0 Å². The van der Waals surface area contributed by atoms with Gasteiger partial charge in [0, 0.05) is 22.8 Å². The van der Waals surface area contributed by atoms with Crippen LogP contribution in [0.4, 0.5) is 5.69 Å². The first-order valence-corrected chi connectivity index (χ1v) is 8.59. The number of carbonyl (C=O) groups excluding carboxylic acids is 1. The molecule has 0 aliphatic heterocycles. The minimum Gasteiger partial charge on any atom is -0.326 e. The summed E-state index contributed by atoms with van der Waals surface area (Å²) in [4.78, 5) is 11.6. The first-order chi connectivity index (χ1) is 8.86. The predicted molar refractivity (Wildman–Crippen MR) is 75.1 cm³/mol. The van der Waals surface area contributed by atoms with Crippen molar-refractivity contribution in [2.24, 2.45) is 5.92 Å². The standard InChI is InChI=1S/C12H13Cl2NO3S/c13-10-7-9(4-5-11(10)19(14,17)18)15-12(16)6-8-2-1-3-8/h4-5,7-8H,1-3,6H2,(H,15,16). The first kappa shape index (κ1) is 14.6. The van der Waals surface area contributed by atoms with Gasteiger partial charge in [-0.15, -0.1) is 0 Å².